The van der Waals surface area contributed by atoms with Gasteiger partial charge < -0.3 is 5.32 Å². The van der Waals surface area contributed by atoms with Gasteiger partial charge in [-0.05, 0) is 61.1 Å². The second-order valence-electron chi connectivity index (χ2n) is 5.61. The second-order valence-corrected chi connectivity index (χ2v) is 6.02. The number of nitrogens with zero attached hydrogens (tertiary/aromatic N) is 3. The van der Waals surface area contributed by atoms with E-state index in [4.69, 9.17) is 12.2 Å². The third-order valence-corrected chi connectivity index (χ3v) is 3.75. The Bertz CT molecular complexity index is 939. The van der Waals surface area contributed by atoms with Crippen LogP contribution in [0.4, 0.5) is 16.0 Å². The molecule has 0 radical (unpaired) electrons. The monoisotopic (exact) mass is 369 g/mol. The molecule has 1 aromatic heterocycles. The van der Waals surface area contributed by atoms with Crippen molar-refractivity contribution in [2.75, 3.05) is 10.6 Å². The molecule has 0 aliphatic rings. The van der Waals surface area contributed by atoms with Crippen LogP contribution in [0.1, 0.15) is 22.8 Å². The standard InChI is InChI=1S/C18H16FN5OS/c1-12(25)14-5-7-16(8-6-14)21-18(26)22-17-20-11-24(23-17)10-13-3-2-4-15(19)9-13/h2-9,11H,10H2,1H3,(H2,21,22,23,26). The summed E-state index contributed by atoms with van der Waals surface area (Å²) in [6.07, 6.45) is 1.54. The number of halogens is 1. The molecule has 2 N–H and O–H groups in total. The molecule has 6 nitrogen and oxygen atoms in total. The van der Waals surface area contributed by atoms with Gasteiger partial charge in [0.1, 0.15) is 12.1 Å². The van der Waals surface area contributed by atoms with Crippen LogP contribution in [0.15, 0.2) is 54.9 Å². The zero-order valence-corrected chi connectivity index (χ0v) is 14.8. The molecule has 8 heteroatoms. The minimum Gasteiger partial charge on any atom is -0.332 e. The molecule has 0 atom stereocenters. The molecule has 2 aromatic carbocycles. The number of hydrogen-bond donors (Lipinski definition) is 2. The zero-order chi connectivity index (χ0) is 18.5. The predicted octanol–water partition coefficient (Wildman–Crippen LogP) is 3.48. The molecule has 0 aliphatic heterocycles. The molecule has 0 spiro atoms. The minimum atomic E-state index is -0.290. The fourth-order valence-electron chi connectivity index (χ4n) is 2.30. The Morgan fingerprint density at radius 1 is 1.19 bits per heavy atom. The van der Waals surface area contributed by atoms with Crippen molar-refractivity contribution in [1.29, 1.82) is 0 Å². The number of ketones is 1. The lowest BCUT2D eigenvalue weighted by Crippen LogP contribution is -2.20. The number of aromatic nitrogens is 3. The first-order valence-electron chi connectivity index (χ1n) is 7.82. The Balaban J connectivity index is 1.58. The van der Waals surface area contributed by atoms with E-state index in [0.717, 1.165) is 11.3 Å². The largest absolute Gasteiger partial charge is 0.332 e. The number of anilines is 2. The van der Waals surface area contributed by atoms with Gasteiger partial charge in [-0.25, -0.2) is 14.1 Å². The van der Waals surface area contributed by atoms with Crippen LogP contribution in [0.25, 0.3) is 0 Å². The van der Waals surface area contributed by atoms with Crippen molar-refractivity contribution < 1.29 is 9.18 Å². The van der Waals surface area contributed by atoms with Crippen LogP contribution in [-0.4, -0.2) is 25.7 Å². The fraction of sp³-hybridized carbons (Fsp3) is 0.111. The Morgan fingerprint density at radius 2 is 1.96 bits per heavy atom. The number of nitrogens with one attached hydrogen (secondary N) is 2. The number of thiocarbonyl (C=S) groups is 1. The normalized spacial score (nSPS) is 10.4. The average molecular weight is 369 g/mol. The highest BCUT2D eigenvalue weighted by atomic mass is 32.1. The molecular formula is C18H16FN5OS. The number of carbonyl (C=O) groups is 1. The first-order chi connectivity index (χ1) is 12.5. The molecule has 0 fully saturated rings. The summed E-state index contributed by atoms with van der Waals surface area (Å²) >= 11 is 5.23. The SMILES string of the molecule is CC(=O)c1ccc(NC(=S)Nc2ncn(Cc3cccc(F)c3)n2)cc1. The second kappa shape index (κ2) is 7.83. The van der Waals surface area contributed by atoms with Gasteiger partial charge >= 0.3 is 0 Å². The highest BCUT2D eigenvalue weighted by Crippen LogP contribution is 2.11. The fourth-order valence-corrected chi connectivity index (χ4v) is 2.51. The van der Waals surface area contributed by atoms with E-state index in [1.54, 1.807) is 35.0 Å². The van der Waals surface area contributed by atoms with E-state index in [-0.39, 0.29) is 11.6 Å². The maximum absolute atomic E-state index is 13.2. The molecule has 132 valence electrons. The van der Waals surface area contributed by atoms with Gasteiger partial charge in [0.15, 0.2) is 10.9 Å². The highest BCUT2D eigenvalue weighted by molar-refractivity contribution is 7.80. The first kappa shape index (κ1) is 17.7. The molecule has 0 unspecified atom stereocenters. The Hall–Kier alpha value is -3.13. The van der Waals surface area contributed by atoms with Gasteiger partial charge in [0.05, 0.1) is 6.54 Å². The molecule has 26 heavy (non-hydrogen) atoms. The number of benzene rings is 2. The van der Waals surface area contributed by atoms with Crippen molar-refractivity contribution in [2.24, 2.45) is 0 Å². The molecule has 0 bridgehead atoms. The topological polar surface area (TPSA) is 71.8 Å². The Labute approximate surface area is 155 Å². The van der Waals surface area contributed by atoms with Crippen molar-refractivity contribution in [1.82, 2.24) is 14.8 Å². The van der Waals surface area contributed by atoms with Gasteiger partial charge in [-0.3, -0.25) is 10.1 Å². The van der Waals surface area contributed by atoms with Gasteiger partial charge in [0.2, 0.25) is 5.95 Å². The Morgan fingerprint density at radius 3 is 2.65 bits per heavy atom. The summed E-state index contributed by atoms with van der Waals surface area (Å²) < 4.78 is 14.8. The van der Waals surface area contributed by atoms with E-state index in [0.29, 0.717) is 23.2 Å². The van der Waals surface area contributed by atoms with Crippen LogP contribution in [0.2, 0.25) is 0 Å². The minimum absolute atomic E-state index is 0.00490. The van der Waals surface area contributed by atoms with Gasteiger partial charge in [-0.15, -0.1) is 5.10 Å². The lowest BCUT2D eigenvalue weighted by atomic mass is 10.1. The highest BCUT2D eigenvalue weighted by Gasteiger charge is 2.06. The maximum atomic E-state index is 13.2. The van der Waals surface area contributed by atoms with Crippen molar-refractivity contribution in [3.8, 4) is 0 Å². The molecule has 1 heterocycles. The van der Waals surface area contributed by atoms with Crippen molar-refractivity contribution >= 4 is 34.7 Å². The molecular weight excluding hydrogens is 353 g/mol. The summed E-state index contributed by atoms with van der Waals surface area (Å²) in [6.45, 7) is 1.92. The van der Waals surface area contributed by atoms with Gasteiger partial charge in [0.25, 0.3) is 0 Å². The lowest BCUT2D eigenvalue weighted by Gasteiger charge is -2.08. The van der Waals surface area contributed by atoms with E-state index < -0.39 is 0 Å². The molecule has 0 saturated carbocycles. The summed E-state index contributed by atoms with van der Waals surface area (Å²) in [5, 5.41) is 10.5. The van der Waals surface area contributed by atoms with Crippen molar-refractivity contribution in [2.45, 2.75) is 13.5 Å². The number of rotatable bonds is 5. The summed E-state index contributed by atoms with van der Waals surface area (Å²) in [6, 6.07) is 13.3. The Kier molecular flexibility index (Phi) is 5.33. The van der Waals surface area contributed by atoms with E-state index in [2.05, 4.69) is 20.7 Å². The molecule has 3 aromatic rings. The summed E-state index contributed by atoms with van der Waals surface area (Å²) in [5.41, 5.74) is 2.16. The van der Waals surface area contributed by atoms with Gasteiger partial charge in [-0.2, -0.15) is 0 Å². The van der Waals surface area contributed by atoms with Crippen LogP contribution in [0.3, 0.4) is 0 Å². The zero-order valence-electron chi connectivity index (χ0n) is 13.9. The number of carbonyl (C=O) groups excluding carboxylic acids is 1. The summed E-state index contributed by atoms with van der Waals surface area (Å²) in [7, 11) is 0. The summed E-state index contributed by atoms with van der Waals surface area (Å²) in [5.74, 6) is 0.0479. The van der Waals surface area contributed by atoms with E-state index >= 15 is 0 Å². The number of hydrogen-bond acceptors (Lipinski definition) is 4. The average Bonchev–Trinajstić information content (AvgIpc) is 3.02. The van der Waals surface area contributed by atoms with Crippen LogP contribution >= 0.6 is 12.2 Å². The van der Waals surface area contributed by atoms with E-state index in [1.807, 2.05) is 6.07 Å². The van der Waals surface area contributed by atoms with Crippen LogP contribution in [0, 0.1) is 5.82 Å². The summed E-state index contributed by atoms with van der Waals surface area (Å²) in [4.78, 5) is 15.4. The molecule has 0 aliphatic carbocycles. The van der Waals surface area contributed by atoms with Crippen LogP contribution in [-0.2, 0) is 6.54 Å². The quantitative estimate of drug-likeness (QED) is 0.530. The first-order valence-corrected chi connectivity index (χ1v) is 8.23. The molecule has 3 rings (SSSR count). The third-order valence-electron chi connectivity index (χ3n) is 3.54. The van der Waals surface area contributed by atoms with Crippen LogP contribution < -0.4 is 10.6 Å². The predicted molar refractivity (Wildman–Crippen MR) is 102 cm³/mol. The van der Waals surface area contributed by atoms with Crippen molar-refractivity contribution in [3.05, 3.63) is 71.8 Å². The van der Waals surface area contributed by atoms with Crippen molar-refractivity contribution in [3.63, 3.8) is 0 Å². The van der Waals surface area contributed by atoms with E-state index in [9.17, 15) is 9.18 Å². The smallest absolute Gasteiger partial charge is 0.248 e. The molecule has 0 saturated heterocycles. The van der Waals surface area contributed by atoms with Gasteiger partial charge in [-0.1, -0.05) is 12.1 Å². The third kappa shape index (κ3) is 4.70. The van der Waals surface area contributed by atoms with Crippen LogP contribution in [0.5, 0.6) is 0 Å². The number of Topliss-reactive ketones (excluding diaryl/α,β-unsaturated/α-hetero) is 1. The lowest BCUT2D eigenvalue weighted by molar-refractivity contribution is 0.101. The van der Waals surface area contributed by atoms with E-state index in [1.165, 1.54) is 25.4 Å². The maximum Gasteiger partial charge on any atom is 0.248 e. The van der Waals surface area contributed by atoms with Gasteiger partial charge in [0, 0.05) is 11.3 Å². The molecule has 0 amide bonds.